The van der Waals surface area contributed by atoms with Crippen LogP contribution in [0.5, 0.6) is 0 Å². The Morgan fingerprint density at radius 2 is 2.33 bits per heavy atom. The van der Waals surface area contributed by atoms with E-state index >= 15 is 0 Å². The molecular weight excluding hydrogens is 148 g/mol. The van der Waals surface area contributed by atoms with Crippen molar-refractivity contribution in [2.75, 3.05) is 0 Å². The molecule has 0 saturated carbocycles. The predicted molar refractivity (Wildman–Crippen MR) is 49.9 cm³/mol. The maximum Gasteiger partial charge on any atom is 0.0736 e. The molecule has 2 heterocycles. The van der Waals surface area contributed by atoms with Crippen molar-refractivity contribution in [1.82, 2.24) is 9.61 Å². The summed E-state index contributed by atoms with van der Waals surface area (Å²) < 4.78 is 1.85. The van der Waals surface area contributed by atoms with Crippen LogP contribution in [0.4, 0.5) is 0 Å². The Hall–Kier alpha value is -1.57. The Morgan fingerprint density at radius 1 is 1.50 bits per heavy atom. The van der Waals surface area contributed by atoms with E-state index in [0.29, 0.717) is 0 Å². The van der Waals surface area contributed by atoms with Crippen LogP contribution < -0.4 is 0 Å². The molecule has 0 aliphatic rings. The van der Waals surface area contributed by atoms with Gasteiger partial charge in [0.25, 0.3) is 0 Å². The topological polar surface area (TPSA) is 17.3 Å². The van der Waals surface area contributed by atoms with Crippen molar-refractivity contribution >= 4 is 11.1 Å². The van der Waals surface area contributed by atoms with Crippen LogP contribution in [0.2, 0.25) is 0 Å². The highest BCUT2D eigenvalue weighted by atomic mass is 15.2. The van der Waals surface area contributed by atoms with Crippen molar-refractivity contribution in [1.29, 1.82) is 0 Å². The lowest BCUT2D eigenvalue weighted by Crippen LogP contribution is -1.83. The van der Waals surface area contributed by atoms with Crippen LogP contribution in [0, 0.1) is 0 Å². The first-order chi connectivity index (χ1) is 5.79. The van der Waals surface area contributed by atoms with E-state index < -0.39 is 0 Å². The Kier molecular flexibility index (Phi) is 1.47. The fraction of sp³-hybridized carbons (Fsp3) is 0.100. The number of hydrogen-bond acceptors (Lipinski definition) is 1. The monoisotopic (exact) mass is 158 g/mol. The average Bonchev–Trinajstić information content (AvgIpc) is 2.47. The summed E-state index contributed by atoms with van der Waals surface area (Å²) >= 11 is 0. The first kappa shape index (κ1) is 7.10. The Morgan fingerprint density at radius 3 is 3.08 bits per heavy atom. The summed E-state index contributed by atoms with van der Waals surface area (Å²) in [6.45, 7) is 5.88. The van der Waals surface area contributed by atoms with E-state index in [1.54, 1.807) is 0 Å². The lowest BCUT2D eigenvalue weighted by molar-refractivity contribution is 0.961. The van der Waals surface area contributed by atoms with E-state index in [4.69, 9.17) is 0 Å². The van der Waals surface area contributed by atoms with Gasteiger partial charge in [-0.1, -0.05) is 12.6 Å². The second-order valence-corrected chi connectivity index (χ2v) is 2.87. The number of nitrogens with zero attached hydrogens (tertiary/aromatic N) is 2. The van der Waals surface area contributed by atoms with Gasteiger partial charge in [0, 0.05) is 11.8 Å². The summed E-state index contributed by atoms with van der Waals surface area (Å²) in [5.41, 5.74) is 3.29. The van der Waals surface area contributed by atoms with Gasteiger partial charge in [0.1, 0.15) is 0 Å². The van der Waals surface area contributed by atoms with Gasteiger partial charge in [0.15, 0.2) is 0 Å². The maximum atomic E-state index is 4.20. The molecule has 0 fully saturated rings. The van der Waals surface area contributed by atoms with Gasteiger partial charge in [0.2, 0.25) is 0 Å². The molecule has 12 heavy (non-hydrogen) atoms. The zero-order chi connectivity index (χ0) is 8.55. The molecule has 0 aliphatic heterocycles. The van der Waals surface area contributed by atoms with Gasteiger partial charge >= 0.3 is 0 Å². The van der Waals surface area contributed by atoms with E-state index in [0.717, 1.165) is 16.7 Å². The zero-order valence-electron chi connectivity index (χ0n) is 6.99. The number of aromatic nitrogens is 2. The minimum atomic E-state index is 1.05. The zero-order valence-corrected chi connectivity index (χ0v) is 6.99. The van der Waals surface area contributed by atoms with Gasteiger partial charge in [-0.15, -0.1) is 0 Å². The third-order valence-corrected chi connectivity index (χ3v) is 1.89. The summed E-state index contributed by atoms with van der Waals surface area (Å²) in [7, 11) is 0. The molecule has 0 aromatic carbocycles. The fourth-order valence-corrected chi connectivity index (χ4v) is 1.26. The number of fused-ring (bicyclic) bond motifs is 1. The van der Waals surface area contributed by atoms with Gasteiger partial charge in [-0.3, -0.25) is 0 Å². The average molecular weight is 158 g/mol. The van der Waals surface area contributed by atoms with E-state index in [9.17, 15) is 0 Å². The molecule has 0 radical (unpaired) electrons. The normalized spacial score (nSPS) is 10.4. The van der Waals surface area contributed by atoms with Crippen molar-refractivity contribution in [3.8, 4) is 0 Å². The number of pyridine rings is 1. The fourth-order valence-electron chi connectivity index (χ4n) is 1.26. The van der Waals surface area contributed by atoms with Gasteiger partial charge in [-0.2, -0.15) is 5.10 Å². The largest absolute Gasteiger partial charge is 0.240 e. The van der Waals surface area contributed by atoms with E-state index in [1.165, 1.54) is 0 Å². The molecule has 0 atom stereocenters. The minimum Gasteiger partial charge on any atom is -0.240 e. The molecule has 2 heteroatoms. The number of rotatable bonds is 1. The molecule has 0 unspecified atom stereocenters. The minimum absolute atomic E-state index is 1.05. The predicted octanol–water partition coefficient (Wildman–Crippen LogP) is 2.37. The second-order valence-electron chi connectivity index (χ2n) is 2.87. The van der Waals surface area contributed by atoms with Crippen molar-refractivity contribution in [2.45, 2.75) is 6.92 Å². The lowest BCUT2D eigenvalue weighted by atomic mass is 10.1. The number of allylic oxidation sites excluding steroid dienone is 1. The molecule has 2 aromatic rings. The number of hydrogen-bond donors (Lipinski definition) is 0. The molecule has 60 valence electrons. The highest BCUT2D eigenvalue weighted by Gasteiger charge is 2.01. The quantitative estimate of drug-likeness (QED) is 0.622. The standard InChI is InChI=1S/C10H10N2/c1-8(2)9-7-11-12-6-4-3-5-10(9)12/h3-7H,1H2,2H3. The van der Waals surface area contributed by atoms with E-state index in [2.05, 4.69) is 11.7 Å². The third kappa shape index (κ3) is 0.925. The molecule has 0 aliphatic carbocycles. The summed E-state index contributed by atoms with van der Waals surface area (Å²) in [6, 6.07) is 6.00. The molecule has 2 nitrogen and oxygen atoms in total. The van der Waals surface area contributed by atoms with Crippen molar-refractivity contribution < 1.29 is 0 Å². The molecule has 0 spiro atoms. The van der Waals surface area contributed by atoms with Crippen LogP contribution in [0.15, 0.2) is 37.2 Å². The van der Waals surface area contributed by atoms with Crippen molar-refractivity contribution in [2.24, 2.45) is 0 Å². The summed E-state index contributed by atoms with van der Waals surface area (Å²) in [4.78, 5) is 0. The molecule has 2 aromatic heterocycles. The van der Waals surface area contributed by atoms with Crippen molar-refractivity contribution in [3.63, 3.8) is 0 Å². The van der Waals surface area contributed by atoms with Crippen LogP contribution in [-0.2, 0) is 0 Å². The summed E-state index contributed by atoms with van der Waals surface area (Å²) in [6.07, 6.45) is 3.78. The van der Waals surface area contributed by atoms with Gasteiger partial charge < -0.3 is 0 Å². The first-order valence-corrected chi connectivity index (χ1v) is 3.87. The van der Waals surface area contributed by atoms with Crippen LogP contribution in [0.3, 0.4) is 0 Å². The van der Waals surface area contributed by atoms with Gasteiger partial charge in [-0.25, -0.2) is 4.52 Å². The maximum absolute atomic E-state index is 4.20. The smallest absolute Gasteiger partial charge is 0.0736 e. The lowest BCUT2D eigenvalue weighted by Gasteiger charge is -1.94. The SMILES string of the molecule is C=C(C)c1cnn2ccccc12. The molecule has 0 saturated heterocycles. The van der Waals surface area contributed by atoms with Crippen LogP contribution in [-0.4, -0.2) is 9.61 Å². The second kappa shape index (κ2) is 2.48. The molecule has 0 bridgehead atoms. The Bertz CT molecular complexity index is 426. The van der Waals surface area contributed by atoms with Crippen molar-refractivity contribution in [3.05, 3.63) is 42.7 Å². The first-order valence-electron chi connectivity index (χ1n) is 3.87. The van der Waals surface area contributed by atoms with Gasteiger partial charge in [0.05, 0.1) is 11.7 Å². The molecule has 0 amide bonds. The summed E-state index contributed by atoms with van der Waals surface area (Å²) in [5, 5.41) is 4.20. The molecule has 0 N–H and O–H groups in total. The summed E-state index contributed by atoms with van der Waals surface area (Å²) in [5.74, 6) is 0. The van der Waals surface area contributed by atoms with Gasteiger partial charge in [-0.05, 0) is 24.6 Å². The molecular formula is C10H10N2. The molecule has 2 rings (SSSR count). The third-order valence-electron chi connectivity index (χ3n) is 1.89. The Balaban J connectivity index is 2.79. The highest BCUT2D eigenvalue weighted by Crippen LogP contribution is 2.16. The van der Waals surface area contributed by atoms with E-state index in [1.807, 2.05) is 42.0 Å². The highest BCUT2D eigenvalue weighted by molar-refractivity contribution is 5.75. The van der Waals surface area contributed by atoms with E-state index in [-0.39, 0.29) is 0 Å². The van der Waals surface area contributed by atoms with Crippen LogP contribution >= 0.6 is 0 Å². The Labute approximate surface area is 71.1 Å². The van der Waals surface area contributed by atoms with Crippen LogP contribution in [0.25, 0.3) is 11.1 Å². The van der Waals surface area contributed by atoms with Crippen LogP contribution in [0.1, 0.15) is 12.5 Å².